The Kier molecular flexibility index (Phi) is 3.69. The van der Waals surface area contributed by atoms with Gasteiger partial charge in [-0.3, -0.25) is 4.21 Å². The van der Waals surface area contributed by atoms with Crippen LogP contribution in [0.5, 0.6) is 0 Å². The highest BCUT2D eigenvalue weighted by Gasteiger charge is 1.99. The largest absolute Gasteiger partial charge is 0.310 e. The Morgan fingerprint density at radius 1 is 1.50 bits per heavy atom. The maximum atomic E-state index is 10.8. The molecule has 0 aliphatic carbocycles. The molecule has 0 aliphatic heterocycles. The number of rotatable bonds is 5. The van der Waals surface area contributed by atoms with E-state index in [2.05, 4.69) is 10.3 Å². The summed E-state index contributed by atoms with van der Waals surface area (Å²) in [6.07, 6.45) is 5.70. The highest BCUT2D eigenvalue weighted by atomic mass is 32.2. The molecule has 0 spiro atoms. The van der Waals surface area contributed by atoms with Gasteiger partial charge in [0.2, 0.25) is 0 Å². The second-order valence-electron chi connectivity index (χ2n) is 3.65. The van der Waals surface area contributed by atoms with Crippen LogP contribution in [0, 0.1) is 0 Å². The Hall–Kier alpha value is -1.20. The zero-order chi connectivity index (χ0) is 11.4. The highest BCUT2D eigenvalue weighted by molar-refractivity contribution is 7.84. The zero-order valence-electron chi connectivity index (χ0n) is 9.22. The average molecular weight is 237 g/mol. The van der Waals surface area contributed by atoms with Gasteiger partial charge in [0, 0.05) is 48.3 Å². The predicted octanol–water partition coefficient (Wildman–Crippen LogP) is 0.802. The van der Waals surface area contributed by atoms with Gasteiger partial charge in [-0.25, -0.2) is 4.98 Å². The van der Waals surface area contributed by atoms with Gasteiger partial charge >= 0.3 is 0 Å². The van der Waals surface area contributed by atoms with Gasteiger partial charge in [0.25, 0.3) is 0 Å². The van der Waals surface area contributed by atoms with Crippen molar-refractivity contribution in [3.63, 3.8) is 0 Å². The molecule has 1 atom stereocenters. The lowest BCUT2D eigenvalue weighted by Crippen LogP contribution is -2.19. The van der Waals surface area contributed by atoms with Crippen molar-refractivity contribution in [3.05, 3.63) is 36.3 Å². The van der Waals surface area contributed by atoms with Gasteiger partial charge in [-0.05, 0) is 12.1 Å². The minimum Gasteiger partial charge on any atom is -0.310 e. The zero-order valence-corrected chi connectivity index (χ0v) is 10.0. The molecule has 0 saturated carbocycles. The lowest BCUT2D eigenvalue weighted by atomic mass is 10.5. The van der Waals surface area contributed by atoms with Gasteiger partial charge < -0.3 is 9.72 Å². The van der Waals surface area contributed by atoms with Crippen LogP contribution in [0.25, 0.3) is 5.65 Å². The van der Waals surface area contributed by atoms with E-state index in [-0.39, 0.29) is 0 Å². The van der Waals surface area contributed by atoms with E-state index in [9.17, 15) is 4.21 Å². The van der Waals surface area contributed by atoms with Gasteiger partial charge in [0.05, 0.1) is 5.69 Å². The van der Waals surface area contributed by atoms with Gasteiger partial charge in [0.15, 0.2) is 0 Å². The van der Waals surface area contributed by atoms with E-state index in [1.54, 1.807) is 6.26 Å². The summed E-state index contributed by atoms with van der Waals surface area (Å²) in [5, 5.41) is 3.23. The first-order chi connectivity index (χ1) is 7.75. The molecule has 0 amide bonds. The summed E-state index contributed by atoms with van der Waals surface area (Å²) in [5.74, 6) is 0.688. The van der Waals surface area contributed by atoms with Gasteiger partial charge in [-0.1, -0.05) is 6.07 Å². The molecule has 16 heavy (non-hydrogen) atoms. The number of nitrogens with one attached hydrogen (secondary N) is 1. The van der Waals surface area contributed by atoms with Crippen LogP contribution in [-0.4, -0.2) is 32.1 Å². The smallest absolute Gasteiger partial charge is 0.137 e. The average Bonchev–Trinajstić information content (AvgIpc) is 2.66. The summed E-state index contributed by atoms with van der Waals surface area (Å²) >= 11 is 0. The SMILES string of the molecule is CS(=O)CCNCc1cn2ccccc2n1. The number of nitrogens with zero attached hydrogens (tertiary/aromatic N) is 2. The Morgan fingerprint density at radius 2 is 2.38 bits per heavy atom. The van der Waals surface area contributed by atoms with Crippen molar-refractivity contribution in [3.8, 4) is 0 Å². The van der Waals surface area contributed by atoms with Gasteiger partial charge in [-0.2, -0.15) is 0 Å². The lowest BCUT2D eigenvalue weighted by Gasteiger charge is -1.99. The summed E-state index contributed by atoms with van der Waals surface area (Å²) in [7, 11) is -0.726. The van der Waals surface area contributed by atoms with E-state index < -0.39 is 10.8 Å². The van der Waals surface area contributed by atoms with Crippen molar-refractivity contribution in [2.75, 3.05) is 18.6 Å². The fourth-order valence-electron chi connectivity index (χ4n) is 1.50. The van der Waals surface area contributed by atoms with Crippen LogP contribution in [0.3, 0.4) is 0 Å². The quantitative estimate of drug-likeness (QED) is 0.783. The van der Waals surface area contributed by atoms with Crippen molar-refractivity contribution in [2.45, 2.75) is 6.54 Å². The third-order valence-corrected chi connectivity index (χ3v) is 3.07. The molecule has 0 saturated heterocycles. The molecular weight excluding hydrogens is 222 g/mol. The van der Waals surface area contributed by atoms with Crippen molar-refractivity contribution in [1.29, 1.82) is 0 Å². The summed E-state index contributed by atoms with van der Waals surface area (Å²) in [5.41, 5.74) is 1.96. The molecule has 4 nitrogen and oxygen atoms in total. The lowest BCUT2D eigenvalue weighted by molar-refractivity contribution is 0.674. The first kappa shape index (κ1) is 11.3. The van der Waals surface area contributed by atoms with Gasteiger partial charge in [0.1, 0.15) is 5.65 Å². The van der Waals surface area contributed by atoms with E-state index in [0.717, 1.165) is 24.4 Å². The molecule has 0 bridgehead atoms. The van der Waals surface area contributed by atoms with Crippen LogP contribution >= 0.6 is 0 Å². The number of hydrogen-bond acceptors (Lipinski definition) is 3. The topological polar surface area (TPSA) is 46.4 Å². The fourth-order valence-corrected chi connectivity index (χ4v) is 1.94. The Bertz CT molecular complexity index is 462. The molecule has 2 rings (SSSR count). The third-order valence-electron chi connectivity index (χ3n) is 2.29. The van der Waals surface area contributed by atoms with Crippen LogP contribution in [0.1, 0.15) is 5.69 Å². The Morgan fingerprint density at radius 3 is 3.12 bits per heavy atom. The van der Waals surface area contributed by atoms with E-state index in [4.69, 9.17) is 0 Å². The van der Waals surface area contributed by atoms with Gasteiger partial charge in [-0.15, -0.1) is 0 Å². The molecule has 1 unspecified atom stereocenters. The Labute approximate surface area is 97.2 Å². The molecule has 0 radical (unpaired) electrons. The number of pyridine rings is 1. The monoisotopic (exact) mass is 237 g/mol. The van der Waals surface area contributed by atoms with E-state index in [1.165, 1.54) is 0 Å². The molecule has 1 N–H and O–H groups in total. The second kappa shape index (κ2) is 5.23. The van der Waals surface area contributed by atoms with Crippen molar-refractivity contribution in [1.82, 2.24) is 14.7 Å². The van der Waals surface area contributed by atoms with E-state index >= 15 is 0 Å². The van der Waals surface area contributed by atoms with Crippen LogP contribution in [0.4, 0.5) is 0 Å². The van der Waals surface area contributed by atoms with Crippen molar-refractivity contribution in [2.24, 2.45) is 0 Å². The molecule has 2 aromatic rings. The normalized spacial score (nSPS) is 13.1. The molecule has 2 aromatic heterocycles. The van der Waals surface area contributed by atoms with Crippen LogP contribution in [0.2, 0.25) is 0 Å². The van der Waals surface area contributed by atoms with Crippen LogP contribution < -0.4 is 5.32 Å². The number of imidazole rings is 1. The number of hydrogen-bond donors (Lipinski definition) is 1. The molecule has 0 aliphatic rings. The summed E-state index contributed by atoms with van der Waals surface area (Å²) in [4.78, 5) is 4.45. The molecule has 0 aromatic carbocycles. The van der Waals surface area contributed by atoms with E-state index in [1.807, 2.05) is 35.0 Å². The molecule has 86 valence electrons. The van der Waals surface area contributed by atoms with Crippen molar-refractivity contribution >= 4 is 16.4 Å². The second-order valence-corrected chi connectivity index (χ2v) is 5.21. The number of aromatic nitrogens is 2. The van der Waals surface area contributed by atoms with E-state index in [0.29, 0.717) is 5.75 Å². The summed E-state index contributed by atoms with van der Waals surface area (Å²) in [6, 6.07) is 5.93. The molecule has 0 fully saturated rings. The minimum atomic E-state index is -0.726. The third kappa shape index (κ3) is 2.90. The van der Waals surface area contributed by atoms with Crippen LogP contribution in [0.15, 0.2) is 30.6 Å². The van der Waals surface area contributed by atoms with Crippen LogP contribution in [-0.2, 0) is 17.3 Å². The number of fused-ring (bicyclic) bond motifs is 1. The maximum absolute atomic E-state index is 10.8. The predicted molar refractivity (Wildman–Crippen MR) is 65.8 cm³/mol. The first-order valence-electron chi connectivity index (χ1n) is 5.19. The summed E-state index contributed by atoms with van der Waals surface area (Å²) in [6.45, 7) is 1.48. The summed E-state index contributed by atoms with van der Waals surface area (Å²) < 4.78 is 12.8. The Balaban J connectivity index is 1.92. The maximum Gasteiger partial charge on any atom is 0.137 e. The minimum absolute atomic E-state index is 0.688. The molecular formula is C11H15N3OS. The first-order valence-corrected chi connectivity index (χ1v) is 6.92. The molecule has 2 heterocycles. The molecule has 5 heteroatoms. The standard InChI is InChI=1S/C11H15N3OS/c1-16(15)7-5-12-8-10-9-14-6-3-2-4-11(14)13-10/h2-4,6,9,12H,5,7-8H2,1H3. The fraction of sp³-hybridized carbons (Fsp3) is 0.364. The van der Waals surface area contributed by atoms with Crippen molar-refractivity contribution < 1.29 is 4.21 Å². The highest BCUT2D eigenvalue weighted by Crippen LogP contribution is 2.03.